The van der Waals surface area contributed by atoms with Crippen molar-refractivity contribution in [2.75, 3.05) is 5.73 Å². The number of anilines is 1. The summed E-state index contributed by atoms with van der Waals surface area (Å²) in [6.07, 6.45) is 0. The van der Waals surface area contributed by atoms with E-state index in [1.54, 1.807) is 0 Å². The Labute approximate surface area is 117 Å². The van der Waals surface area contributed by atoms with Gasteiger partial charge in [0.05, 0.1) is 9.95 Å². The van der Waals surface area contributed by atoms with Crippen molar-refractivity contribution in [2.45, 2.75) is 10.8 Å². The number of aromatic nitrogens is 1. The van der Waals surface area contributed by atoms with E-state index in [4.69, 9.17) is 5.73 Å². The average molecular weight is 297 g/mol. The third-order valence-electron chi connectivity index (χ3n) is 2.44. The van der Waals surface area contributed by atoms with Crippen LogP contribution >= 0.6 is 11.8 Å². The Morgan fingerprint density at radius 2 is 2.00 bits per heavy atom. The van der Waals surface area contributed by atoms with Crippen LogP contribution in [-0.2, 0) is 5.75 Å². The second-order valence-corrected chi connectivity index (χ2v) is 4.84. The van der Waals surface area contributed by atoms with Crippen molar-refractivity contribution in [1.82, 2.24) is 4.98 Å². The number of hydrogen-bond donors (Lipinski definition) is 1. The van der Waals surface area contributed by atoms with Crippen LogP contribution in [0.15, 0.2) is 35.4 Å². The van der Waals surface area contributed by atoms with E-state index in [0.717, 1.165) is 12.1 Å². The molecule has 1 aromatic carbocycles. The van der Waals surface area contributed by atoms with E-state index in [1.165, 1.54) is 30.0 Å². The highest BCUT2D eigenvalue weighted by Crippen LogP contribution is 2.26. The molecule has 2 rings (SSSR count). The number of nitrogen functional groups attached to an aromatic ring is 1. The molecular weight excluding hydrogens is 288 g/mol. The lowest BCUT2D eigenvalue weighted by Crippen LogP contribution is -1.99. The molecule has 0 bridgehead atoms. The standard InChI is InChI=1S/C12H9F2N3O2S/c13-8-2-1-7(5-9(8)14)6-20-11-4-3-10(17(18)19)12(15)16-11/h1-5H,6H2,(H2,15,16). The summed E-state index contributed by atoms with van der Waals surface area (Å²) in [6, 6.07) is 6.31. The van der Waals surface area contributed by atoms with Crippen LogP contribution in [0.5, 0.6) is 0 Å². The molecule has 1 heterocycles. The number of nitro groups is 1. The predicted molar refractivity (Wildman–Crippen MR) is 71.2 cm³/mol. The summed E-state index contributed by atoms with van der Waals surface area (Å²) in [6.45, 7) is 0. The molecule has 2 aromatic rings. The van der Waals surface area contributed by atoms with Crippen molar-refractivity contribution in [1.29, 1.82) is 0 Å². The molecule has 0 atom stereocenters. The molecule has 1 aromatic heterocycles. The van der Waals surface area contributed by atoms with Gasteiger partial charge in [-0.25, -0.2) is 13.8 Å². The van der Waals surface area contributed by atoms with E-state index < -0.39 is 16.6 Å². The highest BCUT2D eigenvalue weighted by atomic mass is 32.2. The van der Waals surface area contributed by atoms with Gasteiger partial charge in [-0.1, -0.05) is 6.07 Å². The third-order valence-corrected chi connectivity index (χ3v) is 3.45. The van der Waals surface area contributed by atoms with Crippen molar-refractivity contribution in [3.8, 4) is 0 Å². The summed E-state index contributed by atoms with van der Waals surface area (Å²) < 4.78 is 25.8. The number of rotatable bonds is 4. The molecular formula is C12H9F2N3O2S. The van der Waals surface area contributed by atoms with E-state index in [9.17, 15) is 18.9 Å². The number of nitrogens with zero attached hydrogens (tertiary/aromatic N) is 2. The van der Waals surface area contributed by atoms with Crippen LogP contribution in [0.3, 0.4) is 0 Å². The van der Waals surface area contributed by atoms with Gasteiger partial charge in [-0.3, -0.25) is 10.1 Å². The highest BCUT2D eigenvalue weighted by molar-refractivity contribution is 7.98. The first-order chi connectivity index (χ1) is 9.47. The smallest absolute Gasteiger partial charge is 0.311 e. The quantitative estimate of drug-likeness (QED) is 0.532. The van der Waals surface area contributed by atoms with Crippen molar-refractivity contribution in [2.24, 2.45) is 0 Å². The molecule has 5 nitrogen and oxygen atoms in total. The van der Waals surface area contributed by atoms with Gasteiger partial charge in [0.25, 0.3) is 0 Å². The maximum Gasteiger partial charge on any atom is 0.311 e. The van der Waals surface area contributed by atoms with Crippen molar-refractivity contribution in [3.05, 3.63) is 57.6 Å². The van der Waals surface area contributed by atoms with E-state index in [1.807, 2.05) is 0 Å². The summed E-state index contributed by atoms with van der Waals surface area (Å²) in [5, 5.41) is 11.1. The lowest BCUT2D eigenvalue weighted by molar-refractivity contribution is -0.384. The van der Waals surface area contributed by atoms with Gasteiger partial charge in [0, 0.05) is 11.8 Å². The monoisotopic (exact) mass is 297 g/mol. The molecule has 0 aliphatic carbocycles. The molecule has 0 unspecified atom stereocenters. The van der Waals surface area contributed by atoms with Gasteiger partial charge in [-0.2, -0.15) is 0 Å². The molecule has 20 heavy (non-hydrogen) atoms. The predicted octanol–water partition coefficient (Wildman–Crippen LogP) is 3.14. The molecule has 0 aliphatic heterocycles. The molecule has 8 heteroatoms. The van der Waals surface area contributed by atoms with Gasteiger partial charge in [0.15, 0.2) is 11.6 Å². The van der Waals surface area contributed by atoms with Crippen molar-refractivity contribution < 1.29 is 13.7 Å². The third kappa shape index (κ3) is 3.21. The molecule has 0 amide bonds. The lowest BCUT2D eigenvalue weighted by atomic mass is 10.2. The zero-order valence-electron chi connectivity index (χ0n) is 10.0. The summed E-state index contributed by atoms with van der Waals surface area (Å²) in [4.78, 5) is 13.8. The molecule has 2 N–H and O–H groups in total. The minimum atomic E-state index is -0.917. The molecule has 104 valence electrons. The Bertz CT molecular complexity index is 667. The van der Waals surface area contributed by atoms with Crippen LogP contribution in [-0.4, -0.2) is 9.91 Å². The van der Waals surface area contributed by atoms with Crippen LogP contribution in [0.1, 0.15) is 5.56 Å². The van der Waals surface area contributed by atoms with Crippen LogP contribution in [0.25, 0.3) is 0 Å². The fourth-order valence-corrected chi connectivity index (χ4v) is 2.29. The molecule has 0 fully saturated rings. The van der Waals surface area contributed by atoms with Gasteiger partial charge in [-0.05, 0) is 23.8 Å². The molecule has 0 saturated heterocycles. The van der Waals surface area contributed by atoms with Crippen molar-refractivity contribution >= 4 is 23.3 Å². The zero-order chi connectivity index (χ0) is 14.7. The van der Waals surface area contributed by atoms with Gasteiger partial charge < -0.3 is 5.73 Å². The van der Waals surface area contributed by atoms with Crippen LogP contribution in [0.2, 0.25) is 0 Å². The van der Waals surface area contributed by atoms with E-state index >= 15 is 0 Å². The lowest BCUT2D eigenvalue weighted by Gasteiger charge is -2.03. The zero-order valence-corrected chi connectivity index (χ0v) is 10.9. The fraction of sp³-hybridized carbons (Fsp3) is 0.0833. The fourth-order valence-electron chi connectivity index (χ4n) is 1.47. The number of benzene rings is 1. The van der Waals surface area contributed by atoms with Crippen LogP contribution in [0.4, 0.5) is 20.3 Å². The Balaban J connectivity index is 2.09. The Hall–Kier alpha value is -2.22. The Morgan fingerprint density at radius 1 is 1.25 bits per heavy atom. The Morgan fingerprint density at radius 3 is 2.60 bits per heavy atom. The largest absolute Gasteiger partial charge is 0.378 e. The first-order valence-corrected chi connectivity index (χ1v) is 6.43. The number of nitrogens with two attached hydrogens (primary N) is 1. The normalized spacial score (nSPS) is 10.5. The Kier molecular flexibility index (Phi) is 4.14. The molecule has 0 radical (unpaired) electrons. The number of pyridine rings is 1. The van der Waals surface area contributed by atoms with E-state index in [0.29, 0.717) is 16.3 Å². The molecule has 0 aliphatic rings. The SMILES string of the molecule is Nc1nc(SCc2ccc(F)c(F)c2)ccc1[N+](=O)[O-]. The van der Waals surface area contributed by atoms with Crippen LogP contribution < -0.4 is 5.73 Å². The molecule has 0 saturated carbocycles. The second kappa shape index (κ2) is 5.83. The number of thioether (sulfide) groups is 1. The maximum atomic E-state index is 13.0. The molecule has 0 spiro atoms. The minimum absolute atomic E-state index is 0.176. The first kappa shape index (κ1) is 14.2. The van der Waals surface area contributed by atoms with E-state index in [2.05, 4.69) is 4.98 Å². The summed E-state index contributed by atoms with van der Waals surface area (Å²) in [5.74, 6) is -1.65. The highest BCUT2D eigenvalue weighted by Gasteiger charge is 2.13. The average Bonchev–Trinajstić information content (AvgIpc) is 2.40. The summed E-state index contributed by atoms with van der Waals surface area (Å²) in [7, 11) is 0. The summed E-state index contributed by atoms with van der Waals surface area (Å²) >= 11 is 1.22. The maximum absolute atomic E-state index is 13.0. The van der Waals surface area contributed by atoms with Gasteiger partial charge in [0.2, 0.25) is 5.82 Å². The summed E-state index contributed by atoms with van der Waals surface area (Å²) in [5.41, 5.74) is 5.77. The van der Waals surface area contributed by atoms with Gasteiger partial charge >= 0.3 is 5.69 Å². The minimum Gasteiger partial charge on any atom is -0.378 e. The van der Waals surface area contributed by atoms with Crippen LogP contribution in [0, 0.1) is 21.7 Å². The number of halogens is 2. The van der Waals surface area contributed by atoms with Gasteiger partial charge in [-0.15, -0.1) is 11.8 Å². The van der Waals surface area contributed by atoms with Gasteiger partial charge in [0.1, 0.15) is 0 Å². The topological polar surface area (TPSA) is 82.0 Å². The van der Waals surface area contributed by atoms with E-state index in [-0.39, 0.29) is 11.5 Å². The van der Waals surface area contributed by atoms with Crippen molar-refractivity contribution in [3.63, 3.8) is 0 Å². The first-order valence-electron chi connectivity index (χ1n) is 5.45. The second-order valence-electron chi connectivity index (χ2n) is 3.85. The number of hydrogen-bond acceptors (Lipinski definition) is 5.